The number of aliphatic imine (C=N–C) groups is 1. The molecule has 0 bridgehead atoms. The molecule has 2 rings (SSSR count). The molecule has 0 radical (unpaired) electrons. The molecule has 2 aromatic rings. The molecule has 1 aromatic carbocycles. The van der Waals surface area contributed by atoms with Crippen LogP contribution in [0.1, 0.15) is 12.6 Å². The first kappa shape index (κ1) is 21.8. The highest BCUT2D eigenvalue weighted by Crippen LogP contribution is 2.31. The van der Waals surface area contributed by atoms with Gasteiger partial charge in [-0.25, -0.2) is 4.99 Å². The van der Waals surface area contributed by atoms with Gasteiger partial charge in [-0.05, 0) is 31.2 Å². The van der Waals surface area contributed by atoms with Crippen molar-refractivity contribution in [1.29, 1.82) is 0 Å². The molecule has 0 amide bonds. The van der Waals surface area contributed by atoms with Gasteiger partial charge in [-0.3, -0.25) is 4.98 Å². The Balaban J connectivity index is 0.00000312. The lowest BCUT2D eigenvalue weighted by molar-refractivity contribution is 0.322. The van der Waals surface area contributed by atoms with Gasteiger partial charge in [0, 0.05) is 12.7 Å². The number of halogens is 3. The monoisotopic (exact) mass is 494 g/mol. The first-order valence-corrected chi connectivity index (χ1v) is 8.45. The minimum atomic E-state index is 0. The summed E-state index contributed by atoms with van der Waals surface area (Å²) in [6, 6.07) is 11.1. The second-order valence-electron chi connectivity index (χ2n) is 4.84. The van der Waals surface area contributed by atoms with Crippen LogP contribution >= 0.6 is 47.2 Å². The minimum absolute atomic E-state index is 0. The van der Waals surface area contributed by atoms with E-state index in [9.17, 15) is 0 Å². The Morgan fingerprint density at radius 2 is 2.00 bits per heavy atom. The Morgan fingerprint density at radius 3 is 2.72 bits per heavy atom. The highest BCUT2D eigenvalue weighted by atomic mass is 127. The SMILES string of the molecule is CCNC(=NCc1ccccn1)NCCOc1cccc(Cl)c1Cl.I. The Hall–Kier alpha value is -1.25. The lowest BCUT2D eigenvalue weighted by Crippen LogP contribution is -2.39. The lowest BCUT2D eigenvalue weighted by atomic mass is 10.3. The summed E-state index contributed by atoms with van der Waals surface area (Å²) < 4.78 is 5.63. The molecule has 0 fully saturated rings. The van der Waals surface area contributed by atoms with Crippen molar-refractivity contribution >= 4 is 53.1 Å². The summed E-state index contributed by atoms with van der Waals surface area (Å²) in [6.07, 6.45) is 1.76. The number of benzene rings is 1. The van der Waals surface area contributed by atoms with Crippen molar-refractivity contribution < 1.29 is 4.74 Å². The van der Waals surface area contributed by atoms with Crippen molar-refractivity contribution in [1.82, 2.24) is 15.6 Å². The number of guanidine groups is 1. The van der Waals surface area contributed by atoms with Gasteiger partial charge in [-0.1, -0.05) is 35.3 Å². The summed E-state index contributed by atoms with van der Waals surface area (Å²) in [7, 11) is 0. The number of rotatable bonds is 7. The van der Waals surface area contributed by atoms with Gasteiger partial charge < -0.3 is 15.4 Å². The standard InChI is InChI=1S/C17H20Cl2N4O.HI/c1-2-20-17(23-12-13-6-3-4-9-21-13)22-10-11-24-15-8-5-7-14(18)16(15)19;/h3-9H,2,10-12H2,1H3,(H2,20,22,23);1H. The fourth-order valence-corrected chi connectivity index (χ4v) is 2.27. The number of pyridine rings is 1. The van der Waals surface area contributed by atoms with E-state index in [-0.39, 0.29) is 24.0 Å². The zero-order valence-electron chi connectivity index (χ0n) is 13.8. The zero-order chi connectivity index (χ0) is 17.2. The average molecular weight is 495 g/mol. The van der Waals surface area contributed by atoms with Crippen LogP contribution in [0.3, 0.4) is 0 Å². The molecular weight excluding hydrogens is 474 g/mol. The molecule has 0 aliphatic rings. The van der Waals surface area contributed by atoms with Crippen LogP contribution in [0.15, 0.2) is 47.6 Å². The molecule has 0 saturated heterocycles. The molecule has 0 spiro atoms. The van der Waals surface area contributed by atoms with Crippen LogP contribution in [0, 0.1) is 0 Å². The molecule has 0 saturated carbocycles. The van der Waals surface area contributed by atoms with Gasteiger partial charge in [0.05, 0.1) is 23.8 Å². The van der Waals surface area contributed by atoms with Crippen molar-refractivity contribution in [3.05, 3.63) is 58.3 Å². The van der Waals surface area contributed by atoms with Gasteiger partial charge in [-0.15, -0.1) is 24.0 Å². The molecule has 136 valence electrons. The second kappa shape index (κ2) is 12.2. The summed E-state index contributed by atoms with van der Waals surface area (Å²) in [5.41, 5.74) is 0.914. The van der Waals surface area contributed by atoms with E-state index in [4.69, 9.17) is 27.9 Å². The number of nitrogens with one attached hydrogen (secondary N) is 2. The van der Waals surface area contributed by atoms with E-state index in [1.165, 1.54) is 0 Å². The van der Waals surface area contributed by atoms with E-state index < -0.39 is 0 Å². The number of ether oxygens (including phenoxy) is 1. The molecule has 0 aliphatic carbocycles. The predicted molar refractivity (Wildman–Crippen MR) is 114 cm³/mol. The molecule has 2 N–H and O–H groups in total. The maximum atomic E-state index is 6.08. The first-order valence-electron chi connectivity index (χ1n) is 7.69. The third kappa shape index (κ3) is 7.66. The van der Waals surface area contributed by atoms with E-state index in [0.717, 1.165) is 12.2 Å². The van der Waals surface area contributed by atoms with Gasteiger partial charge >= 0.3 is 0 Å². The van der Waals surface area contributed by atoms with Crippen molar-refractivity contribution in [2.75, 3.05) is 19.7 Å². The van der Waals surface area contributed by atoms with Crippen LogP contribution in [0.2, 0.25) is 10.0 Å². The Morgan fingerprint density at radius 1 is 1.16 bits per heavy atom. The zero-order valence-corrected chi connectivity index (χ0v) is 17.7. The smallest absolute Gasteiger partial charge is 0.191 e. The van der Waals surface area contributed by atoms with E-state index in [1.54, 1.807) is 24.4 Å². The van der Waals surface area contributed by atoms with Crippen molar-refractivity contribution in [2.45, 2.75) is 13.5 Å². The van der Waals surface area contributed by atoms with Gasteiger partial charge in [0.15, 0.2) is 5.96 Å². The van der Waals surface area contributed by atoms with Crippen LogP contribution in [0.25, 0.3) is 0 Å². The number of hydrogen-bond acceptors (Lipinski definition) is 3. The topological polar surface area (TPSA) is 58.5 Å². The molecule has 1 aromatic heterocycles. The van der Waals surface area contributed by atoms with Crippen LogP contribution in [-0.4, -0.2) is 30.6 Å². The summed E-state index contributed by atoms with van der Waals surface area (Å²) >= 11 is 12.0. The molecule has 5 nitrogen and oxygen atoms in total. The van der Waals surface area contributed by atoms with E-state index in [2.05, 4.69) is 20.6 Å². The third-order valence-corrected chi connectivity index (χ3v) is 3.84. The largest absolute Gasteiger partial charge is 0.490 e. The van der Waals surface area contributed by atoms with Crippen LogP contribution in [0.5, 0.6) is 5.75 Å². The molecule has 0 unspecified atom stereocenters. The average Bonchev–Trinajstić information content (AvgIpc) is 2.60. The summed E-state index contributed by atoms with van der Waals surface area (Å²) in [5.74, 6) is 1.28. The lowest BCUT2D eigenvalue weighted by Gasteiger charge is -2.13. The van der Waals surface area contributed by atoms with Crippen LogP contribution in [-0.2, 0) is 6.54 Å². The molecule has 25 heavy (non-hydrogen) atoms. The summed E-state index contributed by atoms with van der Waals surface area (Å²) in [5, 5.41) is 7.29. The quantitative estimate of drug-likeness (QED) is 0.263. The Bertz CT molecular complexity index is 671. The Labute approximate surface area is 175 Å². The summed E-state index contributed by atoms with van der Waals surface area (Å²) in [4.78, 5) is 8.74. The molecular formula is C17H21Cl2IN4O. The number of aromatic nitrogens is 1. The van der Waals surface area contributed by atoms with E-state index in [0.29, 0.717) is 41.5 Å². The van der Waals surface area contributed by atoms with Gasteiger partial charge in [-0.2, -0.15) is 0 Å². The minimum Gasteiger partial charge on any atom is -0.490 e. The van der Waals surface area contributed by atoms with Crippen molar-refractivity contribution in [3.8, 4) is 5.75 Å². The molecule has 1 heterocycles. The van der Waals surface area contributed by atoms with E-state index >= 15 is 0 Å². The number of nitrogens with zero attached hydrogens (tertiary/aromatic N) is 2. The van der Waals surface area contributed by atoms with Gasteiger partial charge in [0.2, 0.25) is 0 Å². The van der Waals surface area contributed by atoms with Crippen LogP contribution in [0.4, 0.5) is 0 Å². The van der Waals surface area contributed by atoms with Crippen molar-refractivity contribution in [3.63, 3.8) is 0 Å². The molecule has 0 aliphatic heterocycles. The van der Waals surface area contributed by atoms with Gasteiger partial charge in [0.1, 0.15) is 17.4 Å². The van der Waals surface area contributed by atoms with Crippen molar-refractivity contribution in [2.24, 2.45) is 4.99 Å². The van der Waals surface area contributed by atoms with E-state index in [1.807, 2.05) is 25.1 Å². The second-order valence-corrected chi connectivity index (χ2v) is 5.63. The maximum Gasteiger partial charge on any atom is 0.191 e. The highest BCUT2D eigenvalue weighted by Gasteiger charge is 2.05. The maximum absolute atomic E-state index is 6.08. The fourth-order valence-electron chi connectivity index (χ4n) is 1.92. The third-order valence-electron chi connectivity index (χ3n) is 3.04. The normalized spacial score (nSPS) is 10.8. The van der Waals surface area contributed by atoms with Gasteiger partial charge in [0.25, 0.3) is 0 Å². The summed E-state index contributed by atoms with van der Waals surface area (Å²) in [6.45, 7) is 4.32. The fraction of sp³-hybridized carbons (Fsp3) is 0.294. The Kier molecular flexibility index (Phi) is 10.6. The number of hydrogen-bond donors (Lipinski definition) is 2. The molecule has 0 atom stereocenters. The highest BCUT2D eigenvalue weighted by molar-refractivity contribution is 14.0. The van der Waals surface area contributed by atoms with Crippen LogP contribution < -0.4 is 15.4 Å². The predicted octanol–water partition coefficient (Wildman–Crippen LogP) is 4.14. The first-order chi connectivity index (χ1) is 11.7. The molecule has 8 heteroatoms.